The van der Waals surface area contributed by atoms with E-state index in [-0.39, 0.29) is 10.8 Å². The number of anilines is 3. The highest BCUT2D eigenvalue weighted by atomic mass is 32.2. The van der Waals surface area contributed by atoms with Gasteiger partial charge in [-0.25, -0.2) is 23.1 Å². The van der Waals surface area contributed by atoms with Crippen LogP contribution in [0, 0.1) is 6.92 Å². The van der Waals surface area contributed by atoms with E-state index in [2.05, 4.69) is 25.3 Å². The van der Waals surface area contributed by atoms with Crippen molar-refractivity contribution in [3.63, 3.8) is 0 Å². The quantitative estimate of drug-likeness (QED) is 0.566. The molecule has 2 aromatic carbocycles. The predicted octanol–water partition coefficient (Wildman–Crippen LogP) is 3.39. The van der Waals surface area contributed by atoms with Crippen molar-refractivity contribution in [2.45, 2.75) is 11.8 Å². The van der Waals surface area contributed by atoms with Crippen LogP contribution in [0.4, 0.5) is 17.3 Å². The van der Waals surface area contributed by atoms with Gasteiger partial charge in [-0.1, -0.05) is 12.1 Å². The Hall–Kier alpha value is -3.04. The van der Waals surface area contributed by atoms with Crippen molar-refractivity contribution < 1.29 is 8.42 Å². The molecule has 0 aliphatic rings. The minimum Gasteiger partial charge on any atom is -0.332 e. The second kappa shape index (κ2) is 8.11. The molecule has 3 N–H and O–H groups in total. The zero-order chi connectivity index (χ0) is 19.3. The molecule has 1 heterocycles. The van der Waals surface area contributed by atoms with Crippen molar-refractivity contribution in [1.29, 1.82) is 0 Å². The van der Waals surface area contributed by atoms with E-state index < -0.39 is 10.0 Å². The van der Waals surface area contributed by atoms with Crippen molar-refractivity contribution in [2.75, 3.05) is 15.4 Å². The lowest BCUT2D eigenvalue weighted by Crippen LogP contribution is -2.19. The summed E-state index contributed by atoms with van der Waals surface area (Å²) in [4.78, 5) is 7.80. The molecule has 0 unspecified atom stereocenters. The van der Waals surface area contributed by atoms with Gasteiger partial charge in [0, 0.05) is 23.8 Å². The lowest BCUT2D eigenvalue weighted by atomic mass is 10.2. The van der Waals surface area contributed by atoms with Gasteiger partial charge in [0.15, 0.2) is 5.11 Å². The Balaban J connectivity index is 1.65. The average Bonchev–Trinajstić information content (AvgIpc) is 2.62. The number of rotatable bonds is 5. The molecule has 138 valence electrons. The SMILES string of the molecule is Cc1cccc(NC(=S)Nc2ccc(S(=O)(=O)Nc3ncccn3)cc2)c1. The second-order valence-corrected chi connectivity index (χ2v) is 7.74. The van der Waals surface area contributed by atoms with E-state index in [1.54, 1.807) is 18.2 Å². The number of hydrogen-bond donors (Lipinski definition) is 3. The van der Waals surface area contributed by atoms with Gasteiger partial charge in [-0.15, -0.1) is 0 Å². The van der Waals surface area contributed by atoms with Crippen LogP contribution in [0.25, 0.3) is 0 Å². The molecule has 7 nitrogen and oxygen atoms in total. The van der Waals surface area contributed by atoms with Gasteiger partial charge in [0.25, 0.3) is 10.0 Å². The standard InChI is InChI=1S/C18H17N5O2S2/c1-13-4-2-5-15(12-13)22-18(26)21-14-6-8-16(9-7-14)27(24,25)23-17-19-10-3-11-20-17/h2-12H,1H3,(H,19,20,23)(H2,21,22,26). The highest BCUT2D eigenvalue weighted by Crippen LogP contribution is 2.17. The van der Waals surface area contributed by atoms with E-state index in [1.165, 1.54) is 24.5 Å². The van der Waals surface area contributed by atoms with Crippen LogP contribution >= 0.6 is 12.2 Å². The van der Waals surface area contributed by atoms with Crippen LogP contribution in [0.5, 0.6) is 0 Å². The first kappa shape index (κ1) is 18.7. The van der Waals surface area contributed by atoms with Crippen LogP contribution in [0.3, 0.4) is 0 Å². The summed E-state index contributed by atoms with van der Waals surface area (Å²) in [6, 6.07) is 15.6. The van der Waals surface area contributed by atoms with Gasteiger partial charge in [0.1, 0.15) is 0 Å². The first-order chi connectivity index (χ1) is 12.9. The maximum Gasteiger partial charge on any atom is 0.264 e. The van der Waals surface area contributed by atoms with Gasteiger partial charge in [0.2, 0.25) is 5.95 Å². The van der Waals surface area contributed by atoms with Crippen LogP contribution in [0.15, 0.2) is 71.9 Å². The minimum absolute atomic E-state index is 0.0169. The minimum atomic E-state index is -3.76. The Bertz CT molecular complexity index is 1040. The molecule has 0 aliphatic carbocycles. The van der Waals surface area contributed by atoms with Crippen LogP contribution in [0.2, 0.25) is 0 Å². The maximum atomic E-state index is 12.4. The first-order valence-electron chi connectivity index (χ1n) is 7.97. The second-order valence-electron chi connectivity index (χ2n) is 5.65. The van der Waals surface area contributed by atoms with Gasteiger partial charge in [0.05, 0.1) is 4.90 Å². The largest absolute Gasteiger partial charge is 0.332 e. The third kappa shape index (κ3) is 5.22. The molecular formula is C18H17N5O2S2. The fourth-order valence-corrected chi connectivity index (χ4v) is 3.46. The van der Waals surface area contributed by atoms with E-state index >= 15 is 0 Å². The summed E-state index contributed by atoms with van der Waals surface area (Å²) in [6.07, 6.45) is 2.92. The van der Waals surface area contributed by atoms with Crippen LogP contribution in [-0.2, 0) is 10.0 Å². The Labute approximate surface area is 162 Å². The van der Waals surface area contributed by atoms with Gasteiger partial charge < -0.3 is 10.6 Å². The molecule has 0 fully saturated rings. The Kier molecular flexibility index (Phi) is 5.63. The molecule has 0 saturated heterocycles. The summed E-state index contributed by atoms with van der Waals surface area (Å²) in [5.41, 5.74) is 2.65. The van der Waals surface area contributed by atoms with E-state index in [1.807, 2.05) is 31.2 Å². The number of aromatic nitrogens is 2. The molecule has 0 atom stereocenters. The van der Waals surface area contributed by atoms with Crippen molar-refractivity contribution in [3.05, 3.63) is 72.6 Å². The molecule has 3 rings (SSSR count). The number of sulfonamides is 1. The summed E-state index contributed by atoms with van der Waals surface area (Å²) in [7, 11) is -3.76. The molecular weight excluding hydrogens is 382 g/mol. The van der Waals surface area contributed by atoms with E-state index in [4.69, 9.17) is 12.2 Å². The number of nitrogens with one attached hydrogen (secondary N) is 3. The molecule has 3 aromatic rings. The van der Waals surface area contributed by atoms with Crippen molar-refractivity contribution in [2.24, 2.45) is 0 Å². The van der Waals surface area contributed by atoms with Crippen LogP contribution in [0.1, 0.15) is 5.56 Å². The molecule has 0 saturated carbocycles. The smallest absolute Gasteiger partial charge is 0.264 e. The van der Waals surface area contributed by atoms with Gasteiger partial charge in [-0.3, -0.25) is 0 Å². The summed E-state index contributed by atoms with van der Waals surface area (Å²) in [5.74, 6) is 0.0169. The predicted molar refractivity (Wildman–Crippen MR) is 110 cm³/mol. The monoisotopic (exact) mass is 399 g/mol. The van der Waals surface area contributed by atoms with Crippen LogP contribution < -0.4 is 15.4 Å². The summed E-state index contributed by atoms with van der Waals surface area (Å²) in [5, 5.41) is 6.51. The number of benzene rings is 2. The Morgan fingerprint density at radius 1 is 0.926 bits per heavy atom. The first-order valence-corrected chi connectivity index (χ1v) is 9.86. The lowest BCUT2D eigenvalue weighted by Gasteiger charge is -2.12. The third-order valence-electron chi connectivity index (χ3n) is 3.49. The van der Waals surface area contributed by atoms with Crippen molar-refractivity contribution in [3.8, 4) is 0 Å². The molecule has 0 aliphatic heterocycles. The summed E-state index contributed by atoms with van der Waals surface area (Å²) in [6.45, 7) is 2.00. The Morgan fingerprint density at radius 3 is 2.26 bits per heavy atom. The molecule has 0 radical (unpaired) electrons. The molecule has 9 heteroatoms. The number of thiocarbonyl (C=S) groups is 1. The van der Waals surface area contributed by atoms with Crippen molar-refractivity contribution >= 4 is 44.7 Å². The fourth-order valence-electron chi connectivity index (χ4n) is 2.26. The van der Waals surface area contributed by atoms with Crippen molar-refractivity contribution in [1.82, 2.24) is 9.97 Å². The topological polar surface area (TPSA) is 96.0 Å². The number of hydrogen-bond acceptors (Lipinski definition) is 5. The van der Waals surface area contributed by atoms with Gasteiger partial charge in [-0.2, -0.15) is 0 Å². The normalized spacial score (nSPS) is 10.9. The maximum absolute atomic E-state index is 12.4. The highest BCUT2D eigenvalue weighted by molar-refractivity contribution is 7.92. The van der Waals surface area contributed by atoms with E-state index in [0.717, 1.165) is 11.3 Å². The van der Waals surface area contributed by atoms with Gasteiger partial charge >= 0.3 is 0 Å². The zero-order valence-electron chi connectivity index (χ0n) is 14.4. The fraction of sp³-hybridized carbons (Fsp3) is 0.0556. The molecule has 0 amide bonds. The van der Waals surface area contributed by atoms with Gasteiger partial charge in [-0.05, 0) is 67.2 Å². The third-order valence-corrected chi connectivity index (χ3v) is 5.04. The summed E-state index contributed by atoms with van der Waals surface area (Å²) >= 11 is 5.28. The summed E-state index contributed by atoms with van der Waals surface area (Å²) < 4.78 is 27.0. The Morgan fingerprint density at radius 2 is 1.59 bits per heavy atom. The molecule has 0 bridgehead atoms. The average molecular weight is 400 g/mol. The number of aryl methyl sites for hydroxylation is 1. The van der Waals surface area contributed by atoms with Crippen LogP contribution in [-0.4, -0.2) is 23.5 Å². The molecule has 0 spiro atoms. The van der Waals surface area contributed by atoms with E-state index in [9.17, 15) is 8.42 Å². The lowest BCUT2D eigenvalue weighted by molar-refractivity contribution is 0.601. The van der Waals surface area contributed by atoms with E-state index in [0.29, 0.717) is 10.8 Å². The number of nitrogens with zero attached hydrogens (tertiary/aromatic N) is 2. The molecule has 1 aromatic heterocycles. The zero-order valence-corrected chi connectivity index (χ0v) is 16.0. The molecule has 27 heavy (non-hydrogen) atoms. The highest BCUT2D eigenvalue weighted by Gasteiger charge is 2.15.